The molecule has 0 aliphatic carbocycles. The van der Waals surface area contributed by atoms with E-state index < -0.39 is 0 Å². The summed E-state index contributed by atoms with van der Waals surface area (Å²) in [5.74, 6) is 0.275. The normalized spacial score (nSPS) is 16.4. The van der Waals surface area contributed by atoms with Crippen molar-refractivity contribution in [2.45, 2.75) is 33.6 Å². The van der Waals surface area contributed by atoms with Crippen LogP contribution in [0.15, 0.2) is 18.5 Å². The Labute approximate surface area is 116 Å². The highest BCUT2D eigenvalue weighted by molar-refractivity contribution is 5.92. The number of aromatic nitrogens is 1. The summed E-state index contributed by atoms with van der Waals surface area (Å²) in [6.45, 7) is 7.98. The smallest absolute Gasteiger partial charge is 0.227 e. The number of piperidine rings is 1. The Morgan fingerprint density at radius 1 is 1.32 bits per heavy atom. The molecule has 1 N–H and O–H groups in total. The average molecular weight is 263 g/mol. The van der Waals surface area contributed by atoms with Gasteiger partial charge < -0.3 is 10.2 Å². The van der Waals surface area contributed by atoms with E-state index in [1.807, 2.05) is 26.8 Å². The maximum atomic E-state index is 12.0. The number of nitrogens with zero attached hydrogens (tertiary/aromatic N) is 2. The van der Waals surface area contributed by atoms with Crippen molar-refractivity contribution in [2.75, 3.05) is 25.5 Å². The van der Waals surface area contributed by atoms with Gasteiger partial charge in [0.15, 0.2) is 0 Å². The SMILES string of the molecule is CC.Cc1cncc(NC(=O)C2CCN(C)CC2)c1. The second-order valence-electron chi connectivity index (χ2n) is 4.82. The first-order valence-corrected chi connectivity index (χ1v) is 7.06. The lowest BCUT2D eigenvalue weighted by Gasteiger charge is -2.28. The van der Waals surface area contributed by atoms with Crippen molar-refractivity contribution in [3.8, 4) is 0 Å². The first-order chi connectivity index (χ1) is 9.15. The standard InChI is InChI=1S/C13H19N3O.C2H6/c1-10-7-12(9-14-8-10)15-13(17)11-3-5-16(2)6-4-11;1-2/h7-9,11H,3-6H2,1-2H3,(H,15,17);1-2H3. The summed E-state index contributed by atoms with van der Waals surface area (Å²) >= 11 is 0. The molecule has 1 aromatic heterocycles. The highest BCUT2D eigenvalue weighted by Gasteiger charge is 2.23. The van der Waals surface area contributed by atoms with Gasteiger partial charge in [0, 0.05) is 12.1 Å². The predicted octanol–water partition coefficient (Wildman–Crippen LogP) is 2.70. The quantitative estimate of drug-likeness (QED) is 0.892. The lowest BCUT2D eigenvalue weighted by molar-refractivity contribution is -0.121. The fourth-order valence-corrected chi connectivity index (χ4v) is 2.14. The van der Waals surface area contributed by atoms with Gasteiger partial charge >= 0.3 is 0 Å². The zero-order chi connectivity index (χ0) is 14.3. The minimum atomic E-state index is 0.130. The molecule has 19 heavy (non-hydrogen) atoms. The van der Waals surface area contributed by atoms with Crippen LogP contribution in [0.2, 0.25) is 0 Å². The van der Waals surface area contributed by atoms with E-state index in [0.29, 0.717) is 0 Å². The zero-order valence-electron chi connectivity index (χ0n) is 12.4. The molecule has 1 fully saturated rings. The molecular weight excluding hydrogens is 238 g/mol. The van der Waals surface area contributed by atoms with E-state index in [1.165, 1.54) is 0 Å². The van der Waals surface area contributed by atoms with Crippen molar-refractivity contribution in [1.29, 1.82) is 0 Å². The summed E-state index contributed by atoms with van der Waals surface area (Å²) in [4.78, 5) is 18.4. The number of rotatable bonds is 2. The highest BCUT2D eigenvalue weighted by Crippen LogP contribution is 2.18. The fraction of sp³-hybridized carbons (Fsp3) is 0.600. The molecule has 1 amide bonds. The van der Waals surface area contributed by atoms with Crippen LogP contribution in [0.3, 0.4) is 0 Å². The molecule has 4 heteroatoms. The van der Waals surface area contributed by atoms with E-state index in [-0.39, 0.29) is 11.8 Å². The van der Waals surface area contributed by atoms with Gasteiger partial charge in [-0.05, 0) is 51.5 Å². The number of likely N-dealkylation sites (tertiary alicyclic amines) is 1. The molecule has 1 saturated heterocycles. The Balaban J connectivity index is 0.000000861. The molecular formula is C15H25N3O. The van der Waals surface area contributed by atoms with Gasteiger partial charge in [-0.25, -0.2) is 0 Å². The van der Waals surface area contributed by atoms with E-state index in [1.54, 1.807) is 12.4 Å². The third-order valence-electron chi connectivity index (χ3n) is 3.23. The summed E-state index contributed by atoms with van der Waals surface area (Å²) in [6.07, 6.45) is 5.37. The molecule has 0 radical (unpaired) electrons. The number of aryl methyl sites for hydroxylation is 1. The number of amides is 1. The summed E-state index contributed by atoms with van der Waals surface area (Å²) < 4.78 is 0. The maximum Gasteiger partial charge on any atom is 0.227 e. The molecule has 2 heterocycles. The van der Waals surface area contributed by atoms with Gasteiger partial charge in [0.25, 0.3) is 0 Å². The van der Waals surface area contributed by atoms with Gasteiger partial charge in [-0.1, -0.05) is 13.8 Å². The molecule has 0 unspecified atom stereocenters. The van der Waals surface area contributed by atoms with Gasteiger partial charge in [0.05, 0.1) is 11.9 Å². The molecule has 0 saturated carbocycles. The number of nitrogens with one attached hydrogen (secondary N) is 1. The first-order valence-electron chi connectivity index (χ1n) is 7.06. The van der Waals surface area contributed by atoms with Gasteiger partial charge in [-0.2, -0.15) is 0 Å². The molecule has 1 aromatic rings. The van der Waals surface area contributed by atoms with E-state index in [9.17, 15) is 4.79 Å². The van der Waals surface area contributed by atoms with Crippen molar-refractivity contribution >= 4 is 11.6 Å². The minimum absolute atomic E-state index is 0.130. The van der Waals surface area contributed by atoms with Crippen LogP contribution in [0, 0.1) is 12.8 Å². The van der Waals surface area contributed by atoms with Crippen molar-refractivity contribution in [3.05, 3.63) is 24.0 Å². The summed E-state index contributed by atoms with van der Waals surface area (Å²) in [5.41, 5.74) is 1.86. The van der Waals surface area contributed by atoms with Crippen molar-refractivity contribution in [2.24, 2.45) is 5.92 Å². The Morgan fingerprint density at radius 2 is 1.95 bits per heavy atom. The zero-order valence-corrected chi connectivity index (χ0v) is 12.4. The van der Waals surface area contributed by atoms with E-state index in [0.717, 1.165) is 37.2 Å². The molecule has 4 nitrogen and oxygen atoms in total. The average Bonchev–Trinajstić information content (AvgIpc) is 2.41. The number of carbonyl (C=O) groups is 1. The van der Waals surface area contributed by atoms with Crippen LogP contribution >= 0.6 is 0 Å². The molecule has 2 rings (SSSR count). The van der Waals surface area contributed by atoms with Crippen LogP contribution in [-0.4, -0.2) is 35.9 Å². The first kappa shape index (κ1) is 15.6. The summed E-state index contributed by atoms with van der Waals surface area (Å²) in [6, 6.07) is 1.94. The molecule has 0 aromatic carbocycles. The Morgan fingerprint density at radius 3 is 2.53 bits per heavy atom. The van der Waals surface area contributed by atoms with Gasteiger partial charge in [-0.15, -0.1) is 0 Å². The van der Waals surface area contributed by atoms with Crippen LogP contribution in [0.4, 0.5) is 5.69 Å². The largest absolute Gasteiger partial charge is 0.324 e. The van der Waals surface area contributed by atoms with Crippen LogP contribution in [0.5, 0.6) is 0 Å². The third-order valence-corrected chi connectivity index (χ3v) is 3.23. The third kappa shape index (κ3) is 4.99. The van der Waals surface area contributed by atoms with E-state index >= 15 is 0 Å². The van der Waals surface area contributed by atoms with Crippen molar-refractivity contribution in [3.63, 3.8) is 0 Å². The number of anilines is 1. The topological polar surface area (TPSA) is 45.2 Å². The predicted molar refractivity (Wildman–Crippen MR) is 79.2 cm³/mol. The Hall–Kier alpha value is -1.42. The number of hydrogen-bond donors (Lipinski definition) is 1. The monoisotopic (exact) mass is 263 g/mol. The summed E-state index contributed by atoms with van der Waals surface area (Å²) in [7, 11) is 2.10. The molecule has 0 bridgehead atoms. The Bertz CT molecular complexity index is 398. The minimum Gasteiger partial charge on any atom is -0.324 e. The number of pyridine rings is 1. The molecule has 1 aliphatic rings. The molecule has 106 valence electrons. The Kier molecular flexibility index (Phi) is 6.50. The lowest BCUT2D eigenvalue weighted by Crippen LogP contribution is -2.35. The molecule has 0 atom stereocenters. The van der Waals surface area contributed by atoms with Gasteiger partial charge in [0.2, 0.25) is 5.91 Å². The maximum absolute atomic E-state index is 12.0. The summed E-state index contributed by atoms with van der Waals surface area (Å²) in [5, 5.41) is 2.95. The van der Waals surface area contributed by atoms with Crippen molar-refractivity contribution in [1.82, 2.24) is 9.88 Å². The highest BCUT2D eigenvalue weighted by atomic mass is 16.1. The van der Waals surface area contributed by atoms with Crippen LogP contribution in [0.1, 0.15) is 32.3 Å². The van der Waals surface area contributed by atoms with Gasteiger partial charge in [-0.3, -0.25) is 9.78 Å². The lowest BCUT2D eigenvalue weighted by atomic mass is 9.96. The molecule has 1 aliphatic heterocycles. The number of hydrogen-bond acceptors (Lipinski definition) is 3. The van der Waals surface area contributed by atoms with Crippen LogP contribution < -0.4 is 5.32 Å². The second kappa shape index (κ2) is 7.89. The van der Waals surface area contributed by atoms with E-state index in [4.69, 9.17) is 0 Å². The van der Waals surface area contributed by atoms with E-state index in [2.05, 4.69) is 22.2 Å². The van der Waals surface area contributed by atoms with Gasteiger partial charge in [0.1, 0.15) is 0 Å². The fourth-order valence-electron chi connectivity index (χ4n) is 2.14. The van der Waals surface area contributed by atoms with Crippen molar-refractivity contribution < 1.29 is 4.79 Å². The molecule has 0 spiro atoms. The van der Waals surface area contributed by atoms with Crippen LogP contribution in [0.25, 0.3) is 0 Å². The number of carbonyl (C=O) groups excluding carboxylic acids is 1. The second-order valence-corrected chi connectivity index (χ2v) is 4.82. The van der Waals surface area contributed by atoms with Crippen LogP contribution in [-0.2, 0) is 4.79 Å².